The van der Waals surface area contributed by atoms with Gasteiger partial charge in [-0.25, -0.2) is 13.1 Å². The lowest BCUT2D eigenvalue weighted by atomic mass is 10.2. The summed E-state index contributed by atoms with van der Waals surface area (Å²) >= 11 is 2.68. The summed E-state index contributed by atoms with van der Waals surface area (Å²) < 4.78 is 26.5. The molecule has 0 atom stereocenters. The van der Waals surface area contributed by atoms with Gasteiger partial charge in [-0.2, -0.15) is 0 Å². The fourth-order valence-electron chi connectivity index (χ4n) is 1.46. The van der Waals surface area contributed by atoms with Gasteiger partial charge in [0.2, 0.25) is 10.0 Å². The summed E-state index contributed by atoms with van der Waals surface area (Å²) in [5, 5.41) is 12.6. The highest BCUT2D eigenvalue weighted by Crippen LogP contribution is 2.16. The Balaban J connectivity index is 1.89. The van der Waals surface area contributed by atoms with Gasteiger partial charge in [0.1, 0.15) is 4.21 Å². The van der Waals surface area contributed by atoms with Crippen LogP contribution in [0.4, 0.5) is 0 Å². The largest absolute Gasteiger partial charge is 0.391 e. The molecule has 0 saturated heterocycles. The number of rotatable bonds is 6. The van der Waals surface area contributed by atoms with Crippen LogP contribution in [0.5, 0.6) is 0 Å². The molecule has 0 saturated carbocycles. The summed E-state index contributed by atoms with van der Waals surface area (Å²) in [6.45, 7) is 0.396. The van der Waals surface area contributed by atoms with Gasteiger partial charge in [0.15, 0.2) is 0 Å². The molecular weight excluding hydrogens is 290 g/mol. The van der Waals surface area contributed by atoms with Crippen molar-refractivity contribution in [1.82, 2.24) is 4.72 Å². The van der Waals surface area contributed by atoms with Crippen LogP contribution in [0.25, 0.3) is 0 Å². The van der Waals surface area contributed by atoms with Crippen molar-refractivity contribution in [3.05, 3.63) is 39.4 Å². The van der Waals surface area contributed by atoms with E-state index in [1.807, 2.05) is 11.4 Å². The number of thiophene rings is 2. The Morgan fingerprint density at radius 3 is 2.78 bits per heavy atom. The van der Waals surface area contributed by atoms with Gasteiger partial charge in [-0.3, -0.25) is 0 Å². The van der Waals surface area contributed by atoms with Gasteiger partial charge in [0.25, 0.3) is 0 Å². The first-order valence-electron chi connectivity index (χ1n) is 5.32. The monoisotopic (exact) mass is 303 g/mol. The van der Waals surface area contributed by atoms with Crippen LogP contribution in [0.3, 0.4) is 0 Å². The van der Waals surface area contributed by atoms with Crippen LogP contribution in [-0.4, -0.2) is 20.1 Å². The van der Waals surface area contributed by atoms with E-state index in [0.717, 1.165) is 10.4 Å². The van der Waals surface area contributed by atoms with E-state index in [1.54, 1.807) is 17.5 Å². The molecule has 0 aromatic carbocycles. The summed E-state index contributed by atoms with van der Waals surface area (Å²) in [6, 6.07) is 5.19. The molecule has 0 aliphatic heterocycles. The molecule has 0 fully saturated rings. The summed E-state index contributed by atoms with van der Waals surface area (Å²) in [7, 11) is -3.36. The van der Waals surface area contributed by atoms with Crippen molar-refractivity contribution in [2.75, 3.05) is 6.54 Å². The molecule has 0 bridgehead atoms. The second-order valence-electron chi connectivity index (χ2n) is 3.66. The first-order valence-corrected chi connectivity index (χ1v) is 8.56. The Morgan fingerprint density at radius 2 is 2.17 bits per heavy atom. The second-order valence-corrected chi connectivity index (χ2v) is 7.60. The van der Waals surface area contributed by atoms with Crippen molar-refractivity contribution in [3.63, 3.8) is 0 Å². The summed E-state index contributed by atoms with van der Waals surface area (Å²) in [5.74, 6) is 0. The van der Waals surface area contributed by atoms with Crippen LogP contribution in [0.1, 0.15) is 10.4 Å². The average Bonchev–Trinajstić information content (AvgIpc) is 3.00. The maximum atomic E-state index is 11.8. The minimum Gasteiger partial charge on any atom is -0.391 e. The van der Waals surface area contributed by atoms with Crippen LogP contribution in [0.2, 0.25) is 0 Å². The van der Waals surface area contributed by atoms with Crippen molar-refractivity contribution in [2.45, 2.75) is 17.2 Å². The zero-order chi connectivity index (χ0) is 13.0. The summed E-state index contributed by atoms with van der Waals surface area (Å²) in [6.07, 6.45) is 0.626. The zero-order valence-electron chi connectivity index (χ0n) is 9.50. The normalized spacial score (nSPS) is 11.8. The Morgan fingerprint density at radius 1 is 1.33 bits per heavy atom. The van der Waals surface area contributed by atoms with E-state index in [9.17, 15) is 8.42 Å². The van der Waals surface area contributed by atoms with Gasteiger partial charge in [-0.05, 0) is 34.9 Å². The number of hydrogen-bond donors (Lipinski definition) is 2. The topological polar surface area (TPSA) is 66.4 Å². The van der Waals surface area contributed by atoms with Crippen molar-refractivity contribution in [2.24, 2.45) is 0 Å². The molecule has 2 rings (SSSR count). The quantitative estimate of drug-likeness (QED) is 0.855. The molecule has 4 nitrogen and oxygen atoms in total. The summed E-state index contributed by atoms with van der Waals surface area (Å²) in [4.78, 5) is 0.895. The third-order valence-electron chi connectivity index (χ3n) is 2.33. The minimum atomic E-state index is -3.36. The molecule has 0 radical (unpaired) electrons. The number of nitrogens with one attached hydrogen (secondary N) is 1. The van der Waals surface area contributed by atoms with Crippen molar-refractivity contribution >= 4 is 32.7 Å². The Hall–Kier alpha value is -0.730. The molecule has 18 heavy (non-hydrogen) atoms. The molecule has 2 heterocycles. The summed E-state index contributed by atoms with van der Waals surface area (Å²) in [5.41, 5.74) is 1.04. The number of aliphatic hydroxyl groups excluding tert-OH is 1. The standard InChI is InChI=1S/C11H13NO3S3/c13-7-10-6-9(8-17-10)3-4-12-18(14,15)11-2-1-5-16-11/h1-2,5-6,8,12-13H,3-4,7H2. The molecule has 0 aliphatic carbocycles. The molecule has 0 spiro atoms. The van der Waals surface area contributed by atoms with Crippen molar-refractivity contribution in [3.8, 4) is 0 Å². The van der Waals surface area contributed by atoms with Gasteiger partial charge in [0, 0.05) is 11.4 Å². The molecule has 98 valence electrons. The van der Waals surface area contributed by atoms with Crippen LogP contribution in [-0.2, 0) is 23.1 Å². The van der Waals surface area contributed by atoms with E-state index < -0.39 is 10.0 Å². The maximum Gasteiger partial charge on any atom is 0.250 e. The number of hydrogen-bond acceptors (Lipinski definition) is 5. The van der Waals surface area contributed by atoms with E-state index in [-0.39, 0.29) is 6.61 Å². The van der Waals surface area contributed by atoms with Crippen molar-refractivity contribution < 1.29 is 13.5 Å². The lowest BCUT2D eigenvalue weighted by Gasteiger charge is -2.03. The van der Waals surface area contributed by atoms with Gasteiger partial charge in [-0.1, -0.05) is 6.07 Å². The highest BCUT2D eigenvalue weighted by Gasteiger charge is 2.13. The molecular formula is C11H13NO3S3. The van der Waals surface area contributed by atoms with Gasteiger partial charge in [-0.15, -0.1) is 22.7 Å². The van der Waals surface area contributed by atoms with E-state index in [1.165, 1.54) is 22.7 Å². The molecule has 0 amide bonds. The van der Waals surface area contributed by atoms with E-state index in [0.29, 0.717) is 17.2 Å². The zero-order valence-corrected chi connectivity index (χ0v) is 11.9. The molecule has 7 heteroatoms. The first kappa shape index (κ1) is 13.7. The first-order chi connectivity index (χ1) is 8.62. The van der Waals surface area contributed by atoms with Crippen LogP contribution < -0.4 is 4.72 Å². The molecule has 2 aromatic heterocycles. The molecule has 0 unspecified atom stereocenters. The lowest BCUT2D eigenvalue weighted by molar-refractivity contribution is 0.285. The predicted molar refractivity (Wildman–Crippen MR) is 73.5 cm³/mol. The van der Waals surface area contributed by atoms with Crippen LogP contribution >= 0.6 is 22.7 Å². The van der Waals surface area contributed by atoms with Crippen molar-refractivity contribution in [1.29, 1.82) is 0 Å². The Labute approximate surface area is 114 Å². The fraction of sp³-hybridized carbons (Fsp3) is 0.273. The third-order valence-corrected chi connectivity index (χ3v) is 6.16. The van der Waals surface area contributed by atoms with E-state index in [4.69, 9.17) is 5.11 Å². The van der Waals surface area contributed by atoms with Crippen LogP contribution in [0, 0.1) is 0 Å². The smallest absolute Gasteiger partial charge is 0.250 e. The highest BCUT2D eigenvalue weighted by molar-refractivity contribution is 7.91. The SMILES string of the molecule is O=S(=O)(NCCc1csc(CO)c1)c1cccs1. The maximum absolute atomic E-state index is 11.8. The fourth-order valence-corrected chi connectivity index (χ4v) is 4.31. The van der Waals surface area contributed by atoms with Gasteiger partial charge < -0.3 is 5.11 Å². The second kappa shape index (κ2) is 5.94. The average molecular weight is 303 g/mol. The third kappa shape index (κ3) is 3.39. The van der Waals surface area contributed by atoms with E-state index in [2.05, 4.69) is 4.72 Å². The minimum absolute atomic E-state index is 0.0333. The van der Waals surface area contributed by atoms with Gasteiger partial charge >= 0.3 is 0 Å². The van der Waals surface area contributed by atoms with E-state index >= 15 is 0 Å². The number of aliphatic hydroxyl groups is 1. The van der Waals surface area contributed by atoms with Gasteiger partial charge in [0.05, 0.1) is 6.61 Å². The molecule has 0 aliphatic rings. The molecule has 2 N–H and O–H groups in total. The highest BCUT2D eigenvalue weighted by atomic mass is 32.2. The number of sulfonamides is 1. The Bertz CT molecular complexity index is 587. The lowest BCUT2D eigenvalue weighted by Crippen LogP contribution is -2.25. The molecule has 2 aromatic rings. The predicted octanol–water partition coefficient (Wildman–Crippen LogP) is 1.82. The van der Waals surface area contributed by atoms with Crippen LogP contribution in [0.15, 0.2) is 33.2 Å². The Kier molecular flexibility index (Phi) is 4.52.